The van der Waals surface area contributed by atoms with Gasteiger partial charge in [0.25, 0.3) is 0 Å². The molecular formula is C23H29NO6. The zero-order valence-corrected chi connectivity index (χ0v) is 17.3. The lowest BCUT2D eigenvalue weighted by Gasteiger charge is -2.28. The highest BCUT2D eigenvalue weighted by atomic mass is 16.5. The van der Waals surface area contributed by atoms with Crippen LogP contribution in [0, 0.1) is 0 Å². The first-order valence-electron chi connectivity index (χ1n) is 10.2. The second kappa shape index (κ2) is 11.4. The molecular weight excluding hydrogens is 386 g/mol. The largest absolute Gasteiger partial charge is 0.493 e. The van der Waals surface area contributed by atoms with Gasteiger partial charge in [0.15, 0.2) is 6.10 Å². The van der Waals surface area contributed by atoms with E-state index in [2.05, 4.69) is 17.0 Å². The summed E-state index contributed by atoms with van der Waals surface area (Å²) in [5, 5.41) is 9.04. The maximum atomic E-state index is 11.0. The Morgan fingerprint density at radius 3 is 2.10 bits per heavy atom. The van der Waals surface area contributed by atoms with Gasteiger partial charge >= 0.3 is 5.97 Å². The number of carbonyl (C=O) groups is 1. The quantitative estimate of drug-likeness (QED) is 0.565. The standard InChI is InChI=1S/C23H29NO6/c1-27-22(23(25)26)17-18-3-7-20(8-4-18)29-13-2-14-30-21-9-5-19(6-10-21)24-11-15-28-16-12-24/h3-10,22H,2,11-17H2,1H3,(H,25,26). The Bertz CT molecular complexity index is 771. The van der Waals surface area contributed by atoms with Crippen molar-refractivity contribution in [3.05, 3.63) is 54.1 Å². The second-order valence-electron chi connectivity index (χ2n) is 7.05. The topological polar surface area (TPSA) is 77.5 Å². The van der Waals surface area contributed by atoms with Crippen LogP contribution in [0.3, 0.4) is 0 Å². The van der Waals surface area contributed by atoms with Crippen molar-refractivity contribution < 1.29 is 28.8 Å². The van der Waals surface area contributed by atoms with E-state index in [0.29, 0.717) is 19.6 Å². The van der Waals surface area contributed by atoms with Crippen LogP contribution in [0.15, 0.2) is 48.5 Å². The van der Waals surface area contributed by atoms with Gasteiger partial charge in [0.2, 0.25) is 0 Å². The van der Waals surface area contributed by atoms with Crippen molar-refractivity contribution >= 4 is 11.7 Å². The van der Waals surface area contributed by atoms with E-state index in [-0.39, 0.29) is 0 Å². The van der Waals surface area contributed by atoms with Crippen molar-refractivity contribution in [2.24, 2.45) is 0 Å². The van der Waals surface area contributed by atoms with E-state index in [4.69, 9.17) is 24.1 Å². The summed E-state index contributed by atoms with van der Waals surface area (Å²) < 4.78 is 21.9. The minimum Gasteiger partial charge on any atom is -0.493 e. The number of anilines is 1. The fourth-order valence-electron chi connectivity index (χ4n) is 3.22. The molecule has 0 aliphatic carbocycles. The molecule has 1 aliphatic heterocycles. The van der Waals surface area contributed by atoms with Crippen LogP contribution in [0.4, 0.5) is 5.69 Å². The lowest BCUT2D eigenvalue weighted by Crippen LogP contribution is -2.36. The predicted molar refractivity (Wildman–Crippen MR) is 114 cm³/mol. The third-order valence-electron chi connectivity index (χ3n) is 4.94. The summed E-state index contributed by atoms with van der Waals surface area (Å²) in [4.78, 5) is 13.3. The minimum absolute atomic E-state index is 0.324. The third kappa shape index (κ3) is 6.64. The zero-order valence-electron chi connectivity index (χ0n) is 17.3. The van der Waals surface area contributed by atoms with Crippen LogP contribution in [0.2, 0.25) is 0 Å². The molecule has 0 radical (unpaired) electrons. The van der Waals surface area contributed by atoms with Gasteiger partial charge in [0, 0.05) is 38.7 Å². The Balaban J connectivity index is 1.34. The molecule has 162 valence electrons. The van der Waals surface area contributed by atoms with Gasteiger partial charge in [0.05, 0.1) is 26.4 Å². The number of methoxy groups -OCH3 is 1. The molecule has 1 atom stereocenters. The van der Waals surface area contributed by atoms with Crippen LogP contribution in [-0.2, 0) is 20.7 Å². The van der Waals surface area contributed by atoms with Crippen molar-refractivity contribution in [2.45, 2.75) is 18.9 Å². The highest BCUT2D eigenvalue weighted by molar-refractivity contribution is 5.72. The van der Waals surface area contributed by atoms with Crippen molar-refractivity contribution in [3.63, 3.8) is 0 Å². The molecule has 7 nitrogen and oxygen atoms in total. The van der Waals surface area contributed by atoms with Gasteiger partial charge in [-0.3, -0.25) is 0 Å². The number of ether oxygens (including phenoxy) is 4. The van der Waals surface area contributed by atoms with E-state index in [1.54, 1.807) is 0 Å². The van der Waals surface area contributed by atoms with Crippen LogP contribution in [0.1, 0.15) is 12.0 Å². The summed E-state index contributed by atoms with van der Waals surface area (Å²) >= 11 is 0. The van der Waals surface area contributed by atoms with Crippen molar-refractivity contribution in [2.75, 3.05) is 51.5 Å². The Labute approximate surface area is 177 Å². The molecule has 30 heavy (non-hydrogen) atoms. The molecule has 1 heterocycles. The Kier molecular flexibility index (Phi) is 8.35. The summed E-state index contributed by atoms with van der Waals surface area (Å²) in [6.07, 6.45) is 0.249. The lowest BCUT2D eigenvalue weighted by atomic mass is 10.1. The molecule has 3 rings (SSSR count). The molecule has 1 aliphatic rings. The first-order chi connectivity index (χ1) is 14.7. The number of rotatable bonds is 11. The Morgan fingerprint density at radius 2 is 1.57 bits per heavy atom. The van der Waals surface area contributed by atoms with Crippen LogP contribution in [-0.4, -0.2) is 63.8 Å². The Morgan fingerprint density at radius 1 is 1.00 bits per heavy atom. The van der Waals surface area contributed by atoms with E-state index in [0.717, 1.165) is 49.8 Å². The second-order valence-corrected chi connectivity index (χ2v) is 7.05. The minimum atomic E-state index is -0.964. The number of hydrogen-bond acceptors (Lipinski definition) is 6. The van der Waals surface area contributed by atoms with Gasteiger partial charge in [-0.25, -0.2) is 4.79 Å². The van der Waals surface area contributed by atoms with E-state index < -0.39 is 12.1 Å². The molecule has 2 aromatic rings. The molecule has 0 aromatic heterocycles. The first-order valence-corrected chi connectivity index (χ1v) is 10.2. The SMILES string of the molecule is COC(Cc1ccc(OCCCOc2ccc(N3CCOCC3)cc2)cc1)C(=O)O. The van der Waals surface area contributed by atoms with Crippen molar-refractivity contribution in [1.29, 1.82) is 0 Å². The summed E-state index contributed by atoms with van der Waals surface area (Å²) in [7, 11) is 1.40. The maximum absolute atomic E-state index is 11.0. The molecule has 0 spiro atoms. The van der Waals surface area contributed by atoms with Gasteiger partial charge < -0.3 is 29.0 Å². The third-order valence-corrected chi connectivity index (χ3v) is 4.94. The highest BCUT2D eigenvalue weighted by Gasteiger charge is 2.16. The van der Waals surface area contributed by atoms with Crippen LogP contribution in [0.25, 0.3) is 0 Å². The molecule has 1 fully saturated rings. The highest BCUT2D eigenvalue weighted by Crippen LogP contribution is 2.20. The molecule has 0 amide bonds. The van der Waals surface area contributed by atoms with Crippen LogP contribution < -0.4 is 14.4 Å². The average Bonchev–Trinajstić information content (AvgIpc) is 2.79. The summed E-state index contributed by atoms with van der Waals surface area (Å²) in [6, 6.07) is 15.6. The van der Waals surface area contributed by atoms with E-state index in [1.165, 1.54) is 12.8 Å². The number of carboxylic acid groups (broad SMARTS) is 1. The van der Waals surface area contributed by atoms with Gasteiger partial charge in [-0.15, -0.1) is 0 Å². The number of benzene rings is 2. The van der Waals surface area contributed by atoms with Crippen molar-refractivity contribution in [1.82, 2.24) is 0 Å². The summed E-state index contributed by atoms with van der Waals surface area (Å²) in [5.74, 6) is 0.633. The summed E-state index contributed by atoms with van der Waals surface area (Å²) in [5.41, 5.74) is 2.08. The normalized spacial score (nSPS) is 14.9. The van der Waals surface area contributed by atoms with Gasteiger partial charge in [-0.2, -0.15) is 0 Å². The first kappa shape index (κ1) is 21.9. The smallest absolute Gasteiger partial charge is 0.333 e. The Hall–Kier alpha value is -2.77. The van der Waals surface area contributed by atoms with Gasteiger partial charge in [-0.05, 0) is 42.0 Å². The number of carboxylic acids is 1. The molecule has 0 bridgehead atoms. The van der Waals surface area contributed by atoms with Crippen molar-refractivity contribution in [3.8, 4) is 11.5 Å². The lowest BCUT2D eigenvalue weighted by molar-refractivity contribution is -0.148. The zero-order chi connectivity index (χ0) is 21.2. The van der Waals surface area contributed by atoms with E-state index >= 15 is 0 Å². The fraction of sp³-hybridized carbons (Fsp3) is 0.435. The number of aliphatic carboxylic acids is 1. The van der Waals surface area contributed by atoms with Crippen LogP contribution in [0.5, 0.6) is 11.5 Å². The predicted octanol–water partition coefficient (Wildman–Crippen LogP) is 3.01. The molecule has 1 unspecified atom stereocenters. The monoisotopic (exact) mass is 415 g/mol. The van der Waals surface area contributed by atoms with Gasteiger partial charge in [-0.1, -0.05) is 12.1 Å². The van der Waals surface area contributed by atoms with Gasteiger partial charge in [0.1, 0.15) is 11.5 Å². The number of morpholine rings is 1. The number of nitrogens with zero attached hydrogens (tertiary/aromatic N) is 1. The molecule has 1 N–H and O–H groups in total. The fourth-order valence-corrected chi connectivity index (χ4v) is 3.22. The maximum Gasteiger partial charge on any atom is 0.333 e. The number of hydrogen-bond donors (Lipinski definition) is 1. The molecule has 0 saturated carbocycles. The molecule has 2 aromatic carbocycles. The molecule has 1 saturated heterocycles. The van der Waals surface area contributed by atoms with Crippen LogP contribution >= 0.6 is 0 Å². The van der Waals surface area contributed by atoms with E-state index in [1.807, 2.05) is 36.4 Å². The average molecular weight is 415 g/mol. The van der Waals surface area contributed by atoms with E-state index in [9.17, 15) is 4.79 Å². The summed E-state index contributed by atoms with van der Waals surface area (Å²) in [6.45, 7) is 4.51. The molecule has 7 heteroatoms.